The molecule has 0 aromatic carbocycles. The molecule has 0 saturated heterocycles. The highest BCUT2D eigenvalue weighted by Crippen LogP contribution is 2.21. The van der Waals surface area contributed by atoms with Gasteiger partial charge in [0.2, 0.25) is 0 Å². The van der Waals surface area contributed by atoms with Crippen molar-refractivity contribution in [2.45, 2.75) is 45.9 Å². The summed E-state index contributed by atoms with van der Waals surface area (Å²) in [6.45, 7) is 10.4. The SMILES string of the molecule is CCO[Si](C)(CC(C)CN)OC(C)CCN. The van der Waals surface area contributed by atoms with E-state index in [1.807, 2.05) is 6.92 Å². The van der Waals surface area contributed by atoms with Crippen LogP contribution in [0.1, 0.15) is 27.2 Å². The maximum absolute atomic E-state index is 6.07. The van der Waals surface area contributed by atoms with E-state index in [1.54, 1.807) is 0 Å². The summed E-state index contributed by atoms with van der Waals surface area (Å²) in [4.78, 5) is 0. The van der Waals surface area contributed by atoms with Crippen LogP contribution < -0.4 is 11.5 Å². The minimum atomic E-state index is -2.07. The number of hydrogen-bond acceptors (Lipinski definition) is 4. The average molecular weight is 248 g/mol. The van der Waals surface area contributed by atoms with Crippen molar-refractivity contribution in [3.8, 4) is 0 Å². The molecule has 98 valence electrons. The van der Waals surface area contributed by atoms with Gasteiger partial charge in [-0.15, -0.1) is 0 Å². The third kappa shape index (κ3) is 6.60. The summed E-state index contributed by atoms with van der Waals surface area (Å²) in [5.41, 5.74) is 11.2. The highest BCUT2D eigenvalue weighted by molar-refractivity contribution is 6.66. The van der Waals surface area contributed by atoms with Crippen molar-refractivity contribution < 1.29 is 8.85 Å². The van der Waals surface area contributed by atoms with Crippen LogP contribution in [0.3, 0.4) is 0 Å². The smallest absolute Gasteiger partial charge is 0.335 e. The van der Waals surface area contributed by atoms with Crippen LogP contribution in [-0.4, -0.2) is 34.4 Å². The molecule has 0 rings (SSSR count). The Kier molecular flexibility index (Phi) is 8.22. The summed E-state index contributed by atoms with van der Waals surface area (Å²) in [7, 11) is -2.07. The summed E-state index contributed by atoms with van der Waals surface area (Å²) in [5.74, 6) is 0.452. The summed E-state index contributed by atoms with van der Waals surface area (Å²) in [6.07, 6.45) is 1.06. The Balaban J connectivity index is 4.30. The molecule has 5 heteroatoms. The van der Waals surface area contributed by atoms with E-state index in [4.69, 9.17) is 20.3 Å². The second-order valence-corrected chi connectivity index (χ2v) is 7.82. The van der Waals surface area contributed by atoms with E-state index in [-0.39, 0.29) is 6.10 Å². The van der Waals surface area contributed by atoms with Crippen molar-refractivity contribution in [2.24, 2.45) is 17.4 Å². The second kappa shape index (κ2) is 8.19. The Bertz CT molecular complexity index is 183. The van der Waals surface area contributed by atoms with Crippen LogP contribution in [-0.2, 0) is 8.85 Å². The van der Waals surface area contributed by atoms with Crippen molar-refractivity contribution in [3.05, 3.63) is 0 Å². The van der Waals surface area contributed by atoms with Crippen LogP contribution >= 0.6 is 0 Å². The van der Waals surface area contributed by atoms with Crippen molar-refractivity contribution in [3.63, 3.8) is 0 Å². The van der Waals surface area contributed by atoms with Crippen LogP contribution in [0.5, 0.6) is 0 Å². The van der Waals surface area contributed by atoms with Crippen LogP contribution in [0.15, 0.2) is 0 Å². The highest BCUT2D eigenvalue weighted by atomic mass is 28.4. The summed E-state index contributed by atoms with van der Waals surface area (Å²) >= 11 is 0. The van der Waals surface area contributed by atoms with Gasteiger partial charge in [-0.1, -0.05) is 6.92 Å². The minimum absolute atomic E-state index is 0.179. The Labute approximate surface area is 101 Å². The molecule has 3 unspecified atom stereocenters. The first-order valence-electron chi connectivity index (χ1n) is 6.19. The van der Waals surface area contributed by atoms with Gasteiger partial charge in [-0.3, -0.25) is 0 Å². The quantitative estimate of drug-likeness (QED) is 0.606. The van der Waals surface area contributed by atoms with E-state index >= 15 is 0 Å². The fourth-order valence-corrected chi connectivity index (χ4v) is 5.18. The number of hydrogen-bond donors (Lipinski definition) is 2. The number of nitrogens with two attached hydrogens (primary N) is 2. The van der Waals surface area contributed by atoms with Crippen LogP contribution in [0, 0.1) is 5.92 Å². The molecule has 0 aliphatic rings. The average Bonchev–Trinajstić information content (AvgIpc) is 2.17. The second-order valence-electron chi connectivity index (χ2n) is 4.62. The maximum atomic E-state index is 6.07. The Morgan fingerprint density at radius 1 is 1.25 bits per heavy atom. The zero-order chi connectivity index (χ0) is 12.6. The predicted octanol–water partition coefficient (Wildman–Crippen LogP) is 1.44. The van der Waals surface area contributed by atoms with Crippen molar-refractivity contribution in [1.29, 1.82) is 0 Å². The van der Waals surface area contributed by atoms with Crippen molar-refractivity contribution in [1.82, 2.24) is 0 Å². The van der Waals surface area contributed by atoms with E-state index in [0.29, 0.717) is 25.6 Å². The van der Waals surface area contributed by atoms with Gasteiger partial charge in [-0.25, -0.2) is 0 Å². The largest absolute Gasteiger partial charge is 0.395 e. The zero-order valence-corrected chi connectivity index (χ0v) is 12.2. The molecule has 0 amide bonds. The molecule has 4 N–H and O–H groups in total. The summed E-state index contributed by atoms with van der Waals surface area (Å²) in [6, 6.07) is 0.951. The molecular weight excluding hydrogens is 220 g/mol. The monoisotopic (exact) mass is 248 g/mol. The Hall–Kier alpha value is 0.0569. The zero-order valence-electron chi connectivity index (χ0n) is 11.2. The fourth-order valence-electron chi connectivity index (χ4n) is 1.88. The van der Waals surface area contributed by atoms with Gasteiger partial charge in [0.15, 0.2) is 0 Å². The normalized spacial score (nSPS) is 19.1. The molecule has 0 bridgehead atoms. The van der Waals surface area contributed by atoms with Crippen molar-refractivity contribution in [2.75, 3.05) is 19.7 Å². The summed E-state index contributed by atoms with van der Waals surface area (Å²) < 4.78 is 11.9. The molecule has 4 nitrogen and oxygen atoms in total. The molecule has 0 fully saturated rings. The Morgan fingerprint density at radius 3 is 2.31 bits per heavy atom. The van der Waals surface area contributed by atoms with Gasteiger partial charge in [0.25, 0.3) is 0 Å². The van der Waals surface area contributed by atoms with Crippen molar-refractivity contribution >= 4 is 8.56 Å². The molecular formula is C11H28N2O2Si. The predicted molar refractivity (Wildman–Crippen MR) is 70.5 cm³/mol. The maximum Gasteiger partial charge on any atom is 0.335 e. The number of rotatable bonds is 9. The van der Waals surface area contributed by atoms with Gasteiger partial charge in [-0.2, -0.15) is 0 Å². The van der Waals surface area contributed by atoms with Gasteiger partial charge in [0.05, 0.1) is 0 Å². The van der Waals surface area contributed by atoms with E-state index in [2.05, 4.69) is 20.4 Å². The lowest BCUT2D eigenvalue weighted by atomic mass is 10.2. The molecule has 0 heterocycles. The molecule has 0 aromatic rings. The fraction of sp³-hybridized carbons (Fsp3) is 1.00. The molecule has 0 aliphatic heterocycles. The van der Waals surface area contributed by atoms with Gasteiger partial charge < -0.3 is 20.3 Å². The first-order chi connectivity index (χ1) is 7.47. The van der Waals surface area contributed by atoms with Crippen LogP contribution in [0.25, 0.3) is 0 Å². The lowest BCUT2D eigenvalue weighted by Gasteiger charge is -2.31. The van der Waals surface area contributed by atoms with E-state index in [0.717, 1.165) is 12.5 Å². The molecule has 3 atom stereocenters. The first-order valence-corrected chi connectivity index (χ1v) is 8.71. The lowest BCUT2D eigenvalue weighted by molar-refractivity contribution is 0.123. The van der Waals surface area contributed by atoms with E-state index in [9.17, 15) is 0 Å². The molecule has 0 aromatic heterocycles. The van der Waals surface area contributed by atoms with E-state index < -0.39 is 8.56 Å². The summed E-state index contributed by atoms with van der Waals surface area (Å²) in [5, 5.41) is 0. The van der Waals surface area contributed by atoms with E-state index in [1.165, 1.54) is 0 Å². The van der Waals surface area contributed by atoms with Crippen LogP contribution in [0.2, 0.25) is 12.6 Å². The standard InChI is InChI=1S/C11H28N2O2Si/c1-5-14-16(4,9-10(2)8-13)15-11(3)6-7-12/h10-11H,5-9,12-13H2,1-4H3. The van der Waals surface area contributed by atoms with Crippen LogP contribution in [0.4, 0.5) is 0 Å². The molecule has 0 spiro atoms. The Morgan fingerprint density at radius 2 is 1.88 bits per heavy atom. The minimum Gasteiger partial charge on any atom is -0.395 e. The topological polar surface area (TPSA) is 70.5 Å². The van der Waals surface area contributed by atoms with Gasteiger partial charge in [-0.05, 0) is 51.9 Å². The third-order valence-corrected chi connectivity index (χ3v) is 5.83. The molecule has 0 saturated carbocycles. The van der Waals surface area contributed by atoms with Gasteiger partial charge >= 0.3 is 8.56 Å². The molecule has 0 radical (unpaired) electrons. The molecule has 16 heavy (non-hydrogen) atoms. The first kappa shape index (κ1) is 16.1. The lowest BCUT2D eigenvalue weighted by Crippen LogP contribution is -2.44. The third-order valence-electron chi connectivity index (χ3n) is 2.59. The van der Waals surface area contributed by atoms with Gasteiger partial charge in [0.1, 0.15) is 0 Å². The highest BCUT2D eigenvalue weighted by Gasteiger charge is 2.34. The molecule has 0 aliphatic carbocycles. The van der Waals surface area contributed by atoms with Gasteiger partial charge in [0, 0.05) is 12.7 Å².